The van der Waals surface area contributed by atoms with Crippen molar-refractivity contribution in [2.24, 2.45) is 0 Å². The summed E-state index contributed by atoms with van der Waals surface area (Å²) in [4.78, 5) is 11.8. The molecule has 0 radical (unpaired) electrons. The lowest BCUT2D eigenvalue weighted by Crippen LogP contribution is -2.14. The Morgan fingerprint density at radius 2 is 1.85 bits per heavy atom. The highest BCUT2D eigenvalue weighted by Crippen LogP contribution is 2.21. The number of carbonyl (C=O) groups is 1. The van der Waals surface area contributed by atoms with E-state index in [9.17, 15) is 9.18 Å². The Morgan fingerprint density at radius 3 is 2.55 bits per heavy atom. The summed E-state index contributed by atoms with van der Waals surface area (Å²) in [6.45, 7) is 0. The van der Waals surface area contributed by atoms with Crippen LogP contribution >= 0.6 is 27.7 Å². The third-order valence-corrected chi connectivity index (χ3v) is 4.26. The zero-order valence-corrected chi connectivity index (χ0v) is 13.0. The van der Waals surface area contributed by atoms with E-state index in [0.29, 0.717) is 11.5 Å². The molecule has 0 unspecified atom stereocenters. The smallest absolute Gasteiger partial charge is 0.234 e. The molecule has 0 aliphatic heterocycles. The van der Waals surface area contributed by atoms with Crippen LogP contribution < -0.4 is 5.32 Å². The van der Waals surface area contributed by atoms with Gasteiger partial charge in [0.1, 0.15) is 5.82 Å². The Kier molecular flexibility index (Phi) is 5.61. The van der Waals surface area contributed by atoms with Crippen LogP contribution in [0, 0.1) is 5.82 Å². The minimum absolute atomic E-state index is 0.0518. The molecule has 0 aliphatic rings. The SMILES string of the molecule is O=C(CSCc1ccc(F)cc1)Nc1ccccc1Br. The maximum Gasteiger partial charge on any atom is 0.234 e. The van der Waals surface area contributed by atoms with Crippen LogP contribution in [0.2, 0.25) is 0 Å². The first-order valence-corrected chi connectivity index (χ1v) is 7.96. The van der Waals surface area contributed by atoms with Gasteiger partial charge in [0.05, 0.1) is 11.4 Å². The second-order valence-corrected chi connectivity index (χ2v) is 5.99. The molecule has 1 N–H and O–H groups in total. The fraction of sp³-hybridized carbons (Fsp3) is 0.133. The molecule has 20 heavy (non-hydrogen) atoms. The van der Waals surface area contributed by atoms with E-state index in [-0.39, 0.29) is 11.7 Å². The first-order valence-electron chi connectivity index (χ1n) is 6.02. The number of thioether (sulfide) groups is 1. The molecule has 5 heteroatoms. The third-order valence-electron chi connectivity index (χ3n) is 2.56. The van der Waals surface area contributed by atoms with Crippen molar-refractivity contribution in [2.45, 2.75) is 5.75 Å². The zero-order valence-electron chi connectivity index (χ0n) is 10.6. The molecule has 0 saturated heterocycles. The third kappa shape index (κ3) is 4.65. The molecule has 1 amide bonds. The van der Waals surface area contributed by atoms with E-state index < -0.39 is 0 Å². The molecule has 0 atom stereocenters. The van der Waals surface area contributed by atoms with Gasteiger partial charge in [-0.15, -0.1) is 11.8 Å². The van der Waals surface area contributed by atoms with Gasteiger partial charge in [0, 0.05) is 10.2 Å². The van der Waals surface area contributed by atoms with E-state index in [0.717, 1.165) is 15.7 Å². The Bertz CT molecular complexity index is 589. The van der Waals surface area contributed by atoms with E-state index in [1.165, 1.54) is 23.9 Å². The molecule has 0 heterocycles. The average Bonchev–Trinajstić information content (AvgIpc) is 2.44. The van der Waals surface area contributed by atoms with Gasteiger partial charge >= 0.3 is 0 Å². The Morgan fingerprint density at radius 1 is 1.15 bits per heavy atom. The zero-order chi connectivity index (χ0) is 14.4. The minimum atomic E-state index is -0.245. The maximum absolute atomic E-state index is 12.7. The van der Waals surface area contributed by atoms with Crippen LogP contribution in [0.5, 0.6) is 0 Å². The maximum atomic E-state index is 12.7. The number of rotatable bonds is 5. The standard InChI is InChI=1S/C15H13BrFNOS/c16-13-3-1-2-4-14(13)18-15(19)10-20-9-11-5-7-12(17)8-6-11/h1-8H,9-10H2,(H,18,19). The van der Waals surface area contributed by atoms with Crippen molar-refractivity contribution in [1.29, 1.82) is 0 Å². The molecule has 0 spiro atoms. The molecule has 0 saturated carbocycles. The topological polar surface area (TPSA) is 29.1 Å². The summed E-state index contributed by atoms with van der Waals surface area (Å²) in [5.41, 5.74) is 1.77. The summed E-state index contributed by atoms with van der Waals surface area (Å²) in [7, 11) is 0. The quantitative estimate of drug-likeness (QED) is 0.859. The fourth-order valence-corrected chi connectivity index (χ4v) is 2.76. The van der Waals surface area contributed by atoms with Crippen molar-refractivity contribution in [3.8, 4) is 0 Å². The number of anilines is 1. The molecule has 0 fully saturated rings. The van der Waals surface area contributed by atoms with Crippen LogP contribution in [0.1, 0.15) is 5.56 Å². The first kappa shape index (κ1) is 15.1. The number of hydrogen-bond acceptors (Lipinski definition) is 2. The van der Waals surface area contributed by atoms with Crippen molar-refractivity contribution in [1.82, 2.24) is 0 Å². The summed E-state index contributed by atoms with van der Waals surface area (Å²) in [5, 5.41) is 2.84. The normalized spacial score (nSPS) is 10.3. The molecule has 2 nitrogen and oxygen atoms in total. The monoisotopic (exact) mass is 353 g/mol. The average molecular weight is 354 g/mol. The minimum Gasteiger partial charge on any atom is -0.324 e. The number of benzene rings is 2. The summed E-state index contributed by atoms with van der Waals surface area (Å²) in [6, 6.07) is 13.8. The van der Waals surface area contributed by atoms with E-state index in [1.807, 2.05) is 24.3 Å². The van der Waals surface area contributed by atoms with Crippen LogP contribution in [0.15, 0.2) is 53.0 Å². The lowest BCUT2D eigenvalue weighted by atomic mass is 10.2. The highest BCUT2D eigenvalue weighted by Gasteiger charge is 2.05. The van der Waals surface area contributed by atoms with Crippen LogP contribution in [0.25, 0.3) is 0 Å². The molecular weight excluding hydrogens is 341 g/mol. The number of amides is 1. The van der Waals surface area contributed by atoms with Gasteiger partial charge in [-0.2, -0.15) is 0 Å². The largest absolute Gasteiger partial charge is 0.324 e. The van der Waals surface area contributed by atoms with Crippen LogP contribution in [0.4, 0.5) is 10.1 Å². The Balaban J connectivity index is 1.78. The Hall–Kier alpha value is -1.33. The summed E-state index contributed by atoms with van der Waals surface area (Å²) in [5.74, 6) is 0.747. The number of halogens is 2. The van der Waals surface area contributed by atoms with E-state index in [4.69, 9.17) is 0 Å². The molecule has 0 aromatic heterocycles. The molecule has 2 aromatic rings. The lowest BCUT2D eigenvalue weighted by molar-refractivity contribution is -0.113. The van der Waals surface area contributed by atoms with Crippen molar-refractivity contribution in [3.63, 3.8) is 0 Å². The lowest BCUT2D eigenvalue weighted by Gasteiger charge is -2.07. The fourth-order valence-electron chi connectivity index (χ4n) is 1.59. The van der Waals surface area contributed by atoms with Gasteiger partial charge in [-0.1, -0.05) is 24.3 Å². The van der Waals surface area contributed by atoms with Crippen LogP contribution in [0.3, 0.4) is 0 Å². The van der Waals surface area contributed by atoms with Crippen LogP contribution in [-0.4, -0.2) is 11.7 Å². The summed E-state index contributed by atoms with van der Waals surface area (Å²) >= 11 is 4.87. The van der Waals surface area contributed by atoms with E-state index >= 15 is 0 Å². The van der Waals surface area contributed by atoms with Crippen LogP contribution in [-0.2, 0) is 10.5 Å². The second-order valence-electron chi connectivity index (χ2n) is 4.15. The predicted octanol–water partition coefficient (Wildman–Crippen LogP) is 4.46. The highest BCUT2D eigenvalue weighted by molar-refractivity contribution is 9.10. The molecule has 0 aliphatic carbocycles. The first-order chi connectivity index (χ1) is 9.65. The van der Waals surface area contributed by atoms with Crippen molar-refractivity contribution < 1.29 is 9.18 Å². The molecule has 104 valence electrons. The molecular formula is C15H13BrFNOS. The molecule has 0 bridgehead atoms. The predicted molar refractivity (Wildman–Crippen MR) is 85.3 cm³/mol. The number of hydrogen-bond donors (Lipinski definition) is 1. The highest BCUT2D eigenvalue weighted by atomic mass is 79.9. The van der Waals surface area contributed by atoms with Gasteiger partial charge in [-0.3, -0.25) is 4.79 Å². The van der Waals surface area contributed by atoms with Crippen molar-refractivity contribution in [3.05, 3.63) is 64.4 Å². The number of nitrogens with one attached hydrogen (secondary N) is 1. The van der Waals surface area contributed by atoms with Gasteiger partial charge in [0.2, 0.25) is 5.91 Å². The van der Waals surface area contributed by atoms with E-state index in [1.54, 1.807) is 12.1 Å². The number of carbonyl (C=O) groups excluding carboxylic acids is 1. The number of para-hydroxylation sites is 1. The van der Waals surface area contributed by atoms with Crippen molar-refractivity contribution >= 4 is 39.3 Å². The van der Waals surface area contributed by atoms with E-state index in [2.05, 4.69) is 21.2 Å². The van der Waals surface area contributed by atoms with Gasteiger partial charge < -0.3 is 5.32 Å². The van der Waals surface area contributed by atoms with Gasteiger partial charge in [0.25, 0.3) is 0 Å². The Labute approximate surface area is 129 Å². The van der Waals surface area contributed by atoms with Gasteiger partial charge in [-0.25, -0.2) is 4.39 Å². The van der Waals surface area contributed by atoms with Gasteiger partial charge in [-0.05, 0) is 45.8 Å². The van der Waals surface area contributed by atoms with Crippen molar-refractivity contribution in [2.75, 3.05) is 11.1 Å². The van der Waals surface area contributed by atoms with Gasteiger partial charge in [0.15, 0.2) is 0 Å². The molecule has 2 rings (SSSR count). The molecule has 2 aromatic carbocycles. The summed E-state index contributed by atoms with van der Waals surface area (Å²) in [6.07, 6.45) is 0. The summed E-state index contributed by atoms with van der Waals surface area (Å²) < 4.78 is 13.6. The second kappa shape index (κ2) is 7.45.